The molecule has 0 aromatic heterocycles. The minimum atomic E-state index is -0.0867. The van der Waals surface area contributed by atoms with Crippen molar-refractivity contribution >= 4 is 21.1 Å². The molecule has 0 unspecified atom stereocenters. The van der Waals surface area contributed by atoms with Crippen molar-refractivity contribution in [2.75, 3.05) is 14.1 Å². The maximum absolute atomic E-state index is 2.74. The second-order valence-corrected chi connectivity index (χ2v) is 20.8. The third kappa shape index (κ3) is 10.6. The van der Waals surface area contributed by atoms with Gasteiger partial charge in [-0.1, -0.05) is 111 Å². The predicted octanol–water partition coefficient (Wildman–Crippen LogP) is 12.0. The van der Waals surface area contributed by atoms with Crippen LogP contribution in [0.5, 0.6) is 0 Å². The van der Waals surface area contributed by atoms with Crippen LogP contribution in [0.25, 0.3) is 0 Å². The summed E-state index contributed by atoms with van der Waals surface area (Å²) < 4.78 is 0. The molecular formula is C43H63FeNP2. The number of benzene rings is 1. The van der Waals surface area contributed by atoms with Gasteiger partial charge in [-0.15, -0.1) is 0 Å². The van der Waals surface area contributed by atoms with E-state index < -0.39 is 0 Å². The Morgan fingerprint density at radius 2 is 0.957 bits per heavy atom. The van der Waals surface area contributed by atoms with Crippen molar-refractivity contribution in [2.45, 2.75) is 157 Å². The Bertz CT molecular complexity index is 944. The number of hydrogen-bond acceptors (Lipinski definition) is 1. The van der Waals surface area contributed by atoms with E-state index in [-0.39, 0.29) is 32.9 Å². The van der Waals surface area contributed by atoms with Crippen LogP contribution in [-0.4, -0.2) is 41.6 Å². The average Bonchev–Trinajstić information content (AvgIpc) is 3.84. The summed E-state index contributed by atoms with van der Waals surface area (Å²) in [6.07, 6.45) is 47.1. The Morgan fingerprint density at radius 1 is 0.532 bits per heavy atom. The number of rotatable bonds is 9. The van der Waals surface area contributed by atoms with E-state index in [0.717, 1.165) is 22.6 Å². The summed E-state index contributed by atoms with van der Waals surface area (Å²) in [6.45, 7) is 0. The van der Waals surface area contributed by atoms with Gasteiger partial charge in [0, 0.05) is 34.7 Å². The maximum Gasteiger partial charge on any atom is 0.0417 e. The van der Waals surface area contributed by atoms with E-state index in [1.807, 2.05) is 32.1 Å². The van der Waals surface area contributed by atoms with Gasteiger partial charge in [-0.2, -0.15) is 0 Å². The third-order valence-corrected chi connectivity index (χ3v) is 18.9. The van der Waals surface area contributed by atoms with E-state index in [1.165, 1.54) is 128 Å². The Kier molecular flexibility index (Phi) is 17.0. The van der Waals surface area contributed by atoms with Crippen LogP contribution in [-0.2, 0) is 17.1 Å². The fraction of sp³-hybridized carbons (Fsp3) is 0.628. The first-order valence-electron chi connectivity index (χ1n) is 19.5. The molecule has 6 aliphatic carbocycles. The fourth-order valence-electron chi connectivity index (χ4n) is 9.67. The molecule has 0 amide bonds. The van der Waals surface area contributed by atoms with E-state index in [9.17, 15) is 0 Å². The second-order valence-electron chi connectivity index (χ2n) is 15.3. The first-order chi connectivity index (χ1) is 22.7. The molecule has 6 fully saturated rings. The zero-order valence-corrected chi connectivity index (χ0v) is 32.5. The van der Waals surface area contributed by atoms with Gasteiger partial charge in [0.15, 0.2) is 0 Å². The number of hydrogen-bond donors (Lipinski definition) is 0. The van der Waals surface area contributed by atoms with Crippen molar-refractivity contribution in [1.29, 1.82) is 0 Å². The predicted molar refractivity (Wildman–Crippen MR) is 205 cm³/mol. The molecule has 0 saturated heterocycles. The largest absolute Gasteiger partial charge is 0.302 e. The van der Waals surface area contributed by atoms with Gasteiger partial charge in [-0.3, -0.25) is 0 Å². The van der Waals surface area contributed by atoms with E-state index in [2.05, 4.69) is 62.5 Å². The Balaban J connectivity index is 0.000000662. The molecule has 10 radical (unpaired) electrons. The third-order valence-electron chi connectivity index (χ3n) is 11.8. The van der Waals surface area contributed by atoms with E-state index in [0.29, 0.717) is 6.04 Å². The Morgan fingerprint density at radius 3 is 1.38 bits per heavy atom. The normalized spacial score (nSPS) is 25.6. The Hall–Kier alpha value is 0.559. The van der Waals surface area contributed by atoms with Crippen molar-refractivity contribution < 1.29 is 17.1 Å². The van der Waals surface area contributed by atoms with Crippen molar-refractivity contribution in [3.05, 3.63) is 92.8 Å². The monoisotopic (exact) mass is 711 g/mol. The molecule has 1 aromatic rings. The molecule has 1 nitrogen and oxygen atoms in total. The van der Waals surface area contributed by atoms with Crippen LogP contribution in [0.1, 0.15) is 140 Å². The van der Waals surface area contributed by atoms with Gasteiger partial charge in [-0.25, -0.2) is 0 Å². The molecule has 0 aliphatic heterocycles. The first-order valence-corrected chi connectivity index (χ1v) is 22.4. The minimum absolute atomic E-state index is 0. The summed E-state index contributed by atoms with van der Waals surface area (Å²) in [5.41, 5.74) is 7.22. The van der Waals surface area contributed by atoms with E-state index in [4.69, 9.17) is 0 Å². The molecule has 0 N–H and O–H groups in total. The molecular weight excluding hydrogens is 648 g/mol. The van der Waals surface area contributed by atoms with Gasteiger partial charge in [0.2, 0.25) is 0 Å². The van der Waals surface area contributed by atoms with Crippen molar-refractivity contribution in [3.63, 3.8) is 0 Å². The summed E-state index contributed by atoms with van der Waals surface area (Å²) in [4.78, 5) is 2.55. The standard InChI is InChI=1S/C38H58NP2.C5H5.Fe/c1-39(2)38(36-27-16-28-37(36)41(33-22-11-5-12-23-33)34-24-13-6-14-25-34)30-17-15-26-35(29-30)40(31-18-7-3-8-19-31)32-20-9-4-10-21-32;1-2-4-5-3-1;/h15-17,26-29,31-34,38H,3-14,18-25H2,1-2H3;1-5H;/t38-;;/m0../s1. The summed E-state index contributed by atoms with van der Waals surface area (Å²) in [6, 6.07) is 10.6. The number of nitrogens with zero attached hydrogens (tertiary/aromatic N) is 1. The zero-order chi connectivity index (χ0) is 31.6. The molecule has 1 atom stereocenters. The van der Waals surface area contributed by atoms with Gasteiger partial charge in [0.1, 0.15) is 0 Å². The summed E-state index contributed by atoms with van der Waals surface area (Å²) in [5, 5.41) is 1.75. The molecule has 0 spiro atoms. The molecule has 4 heteroatoms. The summed E-state index contributed by atoms with van der Waals surface area (Å²) >= 11 is 0. The van der Waals surface area contributed by atoms with Crippen LogP contribution in [0.3, 0.4) is 0 Å². The fourth-order valence-corrected chi connectivity index (χ4v) is 17.5. The molecule has 6 saturated carbocycles. The van der Waals surface area contributed by atoms with Crippen molar-refractivity contribution in [1.82, 2.24) is 4.90 Å². The molecule has 1 aromatic carbocycles. The van der Waals surface area contributed by atoms with Gasteiger partial charge in [0.05, 0.1) is 0 Å². The van der Waals surface area contributed by atoms with Gasteiger partial charge in [0.25, 0.3) is 0 Å². The smallest absolute Gasteiger partial charge is 0.0417 e. The minimum Gasteiger partial charge on any atom is -0.302 e. The van der Waals surface area contributed by atoms with Crippen LogP contribution < -0.4 is 5.30 Å². The van der Waals surface area contributed by atoms with E-state index >= 15 is 0 Å². The van der Waals surface area contributed by atoms with Crippen LogP contribution in [0, 0.1) is 62.9 Å². The summed E-state index contributed by atoms with van der Waals surface area (Å²) in [5.74, 6) is 1.66. The van der Waals surface area contributed by atoms with Crippen LogP contribution >= 0.6 is 15.8 Å². The molecule has 0 heterocycles. The quantitative estimate of drug-likeness (QED) is 0.182. The summed E-state index contributed by atoms with van der Waals surface area (Å²) in [7, 11) is 4.55. The SMILES string of the molecule is CN(C)[C@H]([C]1[CH][CH][CH][C]1P(C1CCCCC1)C1CCCCC1)c1cccc(P(C2CCCCC2)C2CCCCC2)c1.[CH]1[CH][CH][CH][CH]1.[Fe]. The second kappa shape index (κ2) is 20.6. The topological polar surface area (TPSA) is 3.24 Å². The Labute approximate surface area is 305 Å². The van der Waals surface area contributed by atoms with Crippen LogP contribution in [0.2, 0.25) is 0 Å². The van der Waals surface area contributed by atoms with Crippen LogP contribution in [0.4, 0.5) is 0 Å². The van der Waals surface area contributed by atoms with E-state index in [1.54, 1.807) is 22.4 Å². The van der Waals surface area contributed by atoms with Gasteiger partial charge in [-0.05, 0) is 156 Å². The van der Waals surface area contributed by atoms with Crippen molar-refractivity contribution in [3.8, 4) is 0 Å². The molecule has 6 aliphatic rings. The first kappa shape index (κ1) is 38.8. The molecule has 47 heavy (non-hydrogen) atoms. The zero-order valence-electron chi connectivity index (χ0n) is 29.7. The van der Waals surface area contributed by atoms with Crippen LogP contribution in [0.15, 0.2) is 24.3 Å². The average molecular weight is 712 g/mol. The molecule has 258 valence electrons. The van der Waals surface area contributed by atoms with Gasteiger partial charge >= 0.3 is 0 Å². The molecule has 0 bridgehead atoms. The van der Waals surface area contributed by atoms with Crippen molar-refractivity contribution in [2.24, 2.45) is 0 Å². The maximum atomic E-state index is 2.74. The molecule has 7 rings (SSSR count). The van der Waals surface area contributed by atoms with Gasteiger partial charge < -0.3 is 4.90 Å².